The van der Waals surface area contributed by atoms with Crippen molar-refractivity contribution in [1.82, 2.24) is 9.97 Å². The van der Waals surface area contributed by atoms with E-state index in [2.05, 4.69) is 15.3 Å². The van der Waals surface area contributed by atoms with Gasteiger partial charge >= 0.3 is 6.18 Å². The summed E-state index contributed by atoms with van der Waals surface area (Å²) < 4.78 is 71.6. The van der Waals surface area contributed by atoms with Gasteiger partial charge in [0.2, 0.25) is 0 Å². The first-order chi connectivity index (χ1) is 15.6. The number of nitrogens with one attached hydrogen (secondary N) is 2. The van der Waals surface area contributed by atoms with Crippen molar-refractivity contribution in [2.75, 3.05) is 22.8 Å². The third-order valence-electron chi connectivity index (χ3n) is 4.77. The number of benzene rings is 2. The fourth-order valence-electron chi connectivity index (χ4n) is 3.17. The average molecular weight is 480 g/mol. The molecule has 1 aliphatic heterocycles. The van der Waals surface area contributed by atoms with Crippen LogP contribution in [0.5, 0.6) is 5.75 Å². The Balaban J connectivity index is 1.68. The number of nitrogens with zero attached hydrogens (tertiary/aromatic N) is 2. The zero-order chi connectivity index (χ0) is 23.8. The molecule has 0 radical (unpaired) electrons. The van der Waals surface area contributed by atoms with Crippen molar-refractivity contribution >= 4 is 27.3 Å². The molecule has 2 N–H and O–H groups in total. The number of rotatable bonds is 3. The minimum absolute atomic E-state index is 0.0154. The molecule has 9 nitrogen and oxygen atoms in total. The summed E-state index contributed by atoms with van der Waals surface area (Å²) in [7, 11) is -4.26. The van der Waals surface area contributed by atoms with E-state index >= 15 is 0 Å². The Morgan fingerprint density at radius 1 is 1.15 bits per heavy atom. The predicted octanol–water partition coefficient (Wildman–Crippen LogP) is 2.63. The average Bonchev–Trinajstić information content (AvgIpc) is 2.89. The standard InChI is InChI=1S/C20H15F3N4O5S/c21-20(22,23)12-1-4-14(5-2-12)27-7-8-32-16-6-3-13(9-17(16)33(27,30)31)26-19(29)15-10-24-11-25-18(15)28/h1-6,9-11H,7-8H2,(H,26,29)(H,24,25,28). The second-order valence-electron chi connectivity index (χ2n) is 6.88. The van der Waals surface area contributed by atoms with Crippen molar-refractivity contribution in [3.8, 4) is 5.75 Å². The van der Waals surface area contributed by atoms with Crippen LogP contribution < -0.4 is 19.9 Å². The Morgan fingerprint density at radius 3 is 2.55 bits per heavy atom. The molecule has 0 saturated heterocycles. The van der Waals surface area contributed by atoms with E-state index in [1.165, 1.54) is 12.1 Å². The molecule has 0 fully saturated rings. The SMILES string of the molecule is O=C(Nc1ccc2c(c1)S(=O)(=O)N(c1ccc(C(F)(F)F)cc1)CCO2)c1cnc[nH]c1=O. The number of ether oxygens (including phenoxy) is 1. The van der Waals surface area contributed by atoms with Gasteiger partial charge in [0, 0.05) is 11.9 Å². The zero-order valence-electron chi connectivity index (χ0n) is 16.6. The molecule has 1 amide bonds. The summed E-state index contributed by atoms with van der Waals surface area (Å²) in [5.74, 6) is -0.794. The second kappa shape index (κ2) is 8.24. The molecule has 0 aliphatic carbocycles. The van der Waals surface area contributed by atoms with E-state index in [4.69, 9.17) is 4.74 Å². The van der Waals surface area contributed by atoms with Gasteiger partial charge < -0.3 is 15.0 Å². The highest BCUT2D eigenvalue weighted by atomic mass is 32.2. The van der Waals surface area contributed by atoms with Crippen LogP contribution in [-0.4, -0.2) is 37.4 Å². The van der Waals surface area contributed by atoms with Crippen LogP contribution in [0.4, 0.5) is 24.5 Å². The molecular weight excluding hydrogens is 465 g/mol. The fraction of sp³-hybridized carbons (Fsp3) is 0.150. The summed E-state index contributed by atoms with van der Waals surface area (Å²) >= 11 is 0. The lowest BCUT2D eigenvalue weighted by molar-refractivity contribution is -0.137. The molecule has 3 aromatic rings. The van der Waals surface area contributed by atoms with Crippen LogP contribution in [0.2, 0.25) is 0 Å². The van der Waals surface area contributed by atoms with Gasteiger partial charge in [0.15, 0.2) is 0 Å². The molecule has 172 valence electrons. The summed E-state index contributed by atoms with van der Waals surface area (Å²) in [6.45, 7) is -0.195. The minimum Gasteiger partial charge on any atom is -0.490 e. The number of carbonyl (C=O) groups excluding carboxylic acids is 1. The zero-order valence-corrected chi connectivity index (χ0v) is 17.4. The Morgan fingerprint density at radius 2 is 1.88 bits per heavy atom. The number of H-pyrrole nitrogens is 1. The number of alkyl halides is 3. The number of carbonyl (C=O) groups is 1. The Hall–Kier alpha value is -3.87. The topological polar surface area (TPSA) is 121 Å². The molecule has 0 atom stereocenters. The van der Waals surface area contributed by atoms with E-state index in [0.717, 1.165) is 47.2 Å². The molecule has 13 heteroatoms. The summed E-state index contributed by atoms with van der Waals surface area (Å²) in [6.07, 6.45) is -2.39. The molecular formula is C20H15F3N4O5S. The fourth-order valence-corrected chi connectivity index (χ4v) is 4.78. The van der Waals surface area contributed by atoms with Crippen LogP contribution in [0.15, 0.2) is 64.7 Å². The lowest BCUT2D eigenvalue weighted by Crippen LogP contribution is -2.32. The normalized spacial score (nSPS) is 15.2. The van der Waals surface area contributed by atoms with Crippen molar-refractivity contribution in [1.29, 1.82) is 0 Å². The number of sulfonamides is 1. The summed E-state index contributed by atoms with van der Waals surface area (Å²) in [6, 6.07) is 7.59. The maximum Gasteiger partial charge on any atom is 0.416 e. The van der Waals surface area contributed by atoms with Gasteiger partial charge in [0.1, 0.15) is 22.8 Å². The van der Waals surface area contributed by atoms with Crippen LogP contribution in [-0.2, 0) is 16.2 Å². The van der Waals surface area contributed by atoms with Crippen LogP contribution in [0.1, 0.15) is 15.9 Å². The van der Waals surface area contributed by atoms with E-state index in [9.17, 15) is 31.2 Å². The van der Waals surface area contributed by atoms with Gasteiger partial charge in [-0.3, -0.25) is 13.9 Å². The molecule has 0 saturated carbocycles. The number of fused-ring (bicyclic) bond motifs is 1. The molecule has 0 spiro atoms. The highest BCUT2D eigenvalue weighted by Crippen LogP contribution is 2.36. The highest BCUT2D eigenvalue weighted by Gasteiger charge is 2.34. The molecule has 1 aliphatic rings. The van der Waals surface area contributed by atoms with E-state index in [-0.39, 0.29) is 40.7 Å². The van der Waals surface area contributed by atoms with Gasteiger partial charge in [-0.05, 0) is 42.5 Å². The third-order valence-corrected chi connectivity index (χ3v) is 6.62. The van der Waals surface area contributed by atoms with Crippen LogP contribution in [0, 0.1) is 0 Å². The largest absolute Gasteiger partial charge is 0.490 e. The lowest BCUT2D eigenvalue weighted by atomic mass is 10.2. The second-order valence-corrected chi connectivity index (χ2v) is 8.71. The number of hydrogen-bond acceptors (Lipinski definition) is 6. The quantitative estimate of drug-likeness (QED) is 0.595. The van der Waals surface area contributed by atoms with Crippen molar-refractivity contribution in [3.05, 3.63) is 76.5 Å². The smallest absolute Gasteiger partial charge is 0.416 e. The van der Waals surface area contributed by atoms with Gasteiger partial charge in [0.25, 0.3) is 21.5 Å². The van der Waals surface area contributed by atoms with E-state index in [1.807, 2.05) is 0 Å². The van der Waals surface area contributed by atoms with Crippen molar-refractivity contribution in [3.63, 3.8) is 0 Å². The Bertz CT molecular complexity index is 1370. The maximum atomic E-state index is 13.3. The summed E-state index contributed by atoms with van der Waals surface area (Å²) in [5.41, 5.74) is -1.79. The van der Waals surface area contributed by atoms with Gasteiger partial charge in [-0.15, -0.1) is 0 Å². The number of halogens is 3. The summed E-state index contributed by atoms with van der Waals surface area (Å²) in [4.78, 5) is 29.8. The number of amides is 1. The maximum absolute atomic E-state index is 13.3. The monoisotopic (exact) mass is 480 g/mol. The van der Waals surface area contributed by atoms with Crippen LogP contribution >= 0.6 is 0 Å². The van der Waals surface area contributed by atoms with Gasteiger partial charge in [-0.25, -0.2) is 13.4 Å². The number of hydrogen-bond donors (Lipinski definition) is 2. The van der Waals surface area contributed by atoms with Crippen molar-refractivity contribution in [2.45, 2.75) is 11.1 Å². The minimum atomic E-state index is -4.56. The van der Waals surface area contributed by atoms with Crippen LogP contribution in [0.3, 0.4) is 0 Å². The lowest BCUT2D eigenvalue weighted by Gasteiger charge is -2.22. The first kappa shape index (κ1) is 22.3. The van der Waals surface area contributed by atoms with E-state index in [0.29, 0.717) is 0 Å². The van der Waals surface area contributed by atoms with Crippen molar-refractivity contribution < 1.29 is 31.1 Å². The van der Waals surface area contributed by atoms with Gasteiger partial charge in [-0.2, -0.15) is 13.2 Å². The van der Waals surface area contributed by atoms with Gasteiger partial charge in [0.05, 0.1) is 24.1 Å². The Kier molecular flexibility index (Phi) is 5.57. The number of anilines is 2. The molecule has 4 rings (SSSR count). The number of aromatic amines is 1. The van der Waals surface area contributed by atoms with Crippen LogP contribution in [0.25, 0.3) is 0 Å². The molecule has 1 aromatic heterocycles. The molecule has 33 heavy (non-hydrogen) atoms. The first-order valence-corrected chi connectivity index (χ1v) is 10.8. The van der Waals surface area contributed by atoms with Crippen molar-refractivity contribution in [2.24, 2.45) is 0 Å². The van der Waals surface area contributed by atoms with E-state index in [1.54, 1.807) is 0 Å². The molecule has 2 heterocycles. The van der Waals surface area contributed by atoms with E-state index < -0.39 is 33.2 Å². The molecule has 0 unspecified atom stereocenters. The molecule has 0 bridgehead atoms. The predicted molar refractivity (Wildman–Crippen MR) is 111 cm³/mol. The third kappa shape index (κ3) is 4.39. The highest BCUT2D eigenvalue weighted by molar-refractivity contribution is 7.93. The molecule has 2 aromatic carbocycles. The summed E-state index contributed by atoms with van der Waals surface area (Å²) in [5, 5.41) is 2.42. The Labute approximate surface area is 184 Å². The van der Waals surface area contributed by atoms with Gasteiger partial charge in [-0.1, -0.05) is 0 Å². The number of aromatic nitrogens is 2. The first-order valence-electron chi connectivity index (χ1n) is 9.38.